The fraction of sp³-hybridized carbons (Fsp3) is 0.378. The molecule has 20 bridgehead atoms. The van der Waals surface area contributed by atoms with Gasteiger partial charge in [0, 0.05) is 67.8 Å². The van der Waals surface area contributed by atoms with E-state index in [4.69, 9.17) is 19.9 Å². The largest absolute Gasteiger partial charge is 0.355 e. The Kier molecular flexibility index (Phi) is 11.9. The highest BCUT2D eigenvalue weighted by molar-refractivity contribution is 5.98. The lowest BCUT2D eigenvalue weighted by atomic mass is 9.59. The Balaban J connectivity index is 0.961. The van der Waals surface area contributed by atoms with E-state index in [1.807, 2.05) is 0 Å². The molecule has 0 radical (unpaired) electrons. The quantitative estimate of drug-likeness (QED) is 0.121. The summed E-state index contributed by atoms with van der Waals surface area (Å²) in [4.78, 5) is 38.3. The van der Waals surface area contributed by atoms with Gasteiger partial charge in [-0.25, -0.2) is 19.9 Å². The average Bonchev–Trinajstić information content (AvgIpc) is 1.51. The number of rotatable bonds is 8. The summed E-state index contributed by atoms with van der Waals surface area (Å²) in [5.74, 6) is 1.07. The van der Waals surface area contributed by atoms with Crippen molar-refractivity contribution in [3.63, 3.8) is 0 Å². The van der Waals surface area contributed by atoms with Crippen molar-refractivity contribution in [1.82, 2.24) is 39.9 Å². The third kappa shape index (κ3) is 7.21. The number of nitrogens with zero attached hydrogens (tertiary/aromatic N) is 4. The van der Waals surface area contributed by atoms with Gasteiger partial charge in [-0.1, -0.05) is 67.5 Å². The van der Waals surface area contributed by atoms with Gasteiger partial charge in [-0.15, -0.1) is 0 Å². The van der Waals surface area contributed by atoms with Crippen LogP contribution in [-0.2, 0) is 25.7 Å². The third-order valence-electron chi connectivity index (χ3n) is 21.1. The summed E-state index contributed by atoms with van der Waals surface area (Å²) in [7, 11) is 0. The first-order chi connectivity index (χ1) is 39.9. The second kappa shape index (κ2) is 19.0. The van der Waals surface area contributed by atoms with Crippen LogP contribution in [0.1, 0.15) is 270 Å². The fourth-order valence-corrected chi connectivity index (χ4v) is 17.2. The second-order valence-electron chi connectivity index (χ2n) is 24.8. The molecule has 4 N–H and O–H groups in total. The van der Waals surface area contributed by atoms with E-state index in [2.05, 4.69) is 164 Å². The SMILES string of the molecule is CCC1=C(C)c2cc3[nH]c(cc4nc(cc5[nH]c(cc1n2)c(CC)c5CC)C(CC)=C4C)c1c3[C@@H]2CC[C@H]1c1cc3c(cc12)[C@@H]1CC[C@H]3c2c1c1cc3nc(cc4[nH]c(cc5nc(cc2[nH]1)C(C)=C5CC)c(CC)c4CC)C(CC)=C3C. The smallest absolute Gasteiger partial charge is 0.0693 e. The number of allylic oxidation sites excluding steroid dienone is 8. The van der Waals surface area contributed by atoms with Gasteiger partial charge in [0.1, 0.15) is 0 Å². The van der Waals surface area contributed by atoms with Crippen LogP contribution < -0.4 is 0 Å². The third-order valence-corrected chi connectivity index (χ3v) is 21.1. The van der Waals surface area contributed by atoms with Gasteiger partial charge in [-0.3, -0.25) is 0 Å². The molecule has 0 saturated heterocycles. The molecular weight excluding hydrogens is 1000 g/mol. The summed E-state index contributed by atoms with van der Waals surface area (Å²) < 4.78 is 0. The summed E-state index contributed by atoms with van der Waals surface area (Å²) >= 11 is 0. The molecule has 10 heterocycles. The maximum Gasteiger partial charge on any atom is 0.0693 e. The zero-order chi connectivity index (χ0) is 56.3. The number of nitrogens with one attached hydrogen (secondary N) is 4. The highest BCUT2D eigenvalue weighted by Crippen LogP contribution is 2.61. The normalized spacial score (nSPS) is 19.5. The Morgan fingerprint density at radius 2 is 0.488 bits per heavy atom. The molecule has 0 spiro atoms. The molecule has 414 valence electrons. The Morgan fingerprint density at radius 1 is 0.280 bits per heavy atom. The van der Waals surface area contributed by atoms with Crippen molar-refractivity contribution in [3.8, 4) is 0 Å². The molecule has 0 fully saturated rings. The number of hydrogen-bond acceptors (Lipinski definition) is 4. The average molecular weight is 1080 g/mol. The van der Waals surface area contributed by atoms with Gasteiger partial charge >= 0.3 is 0 Å². The van der Waals surface area contributed by atoms with Gasteiger partial charge in [0.2, 0.25) is 0 Å². The first kappa shape index (κ1) is 51.3. The van der Waals surface area contributed by atoms with Crippen LogP contribution in [0.15, 0.2) is 60.7 Å². The number of benzene rings is 1. The maximum absolute atomic E-state index is 5.55. The minimum Gasteiger partial charge on any atom is -0.355 e. The molecule has 6 aliphatic carbocycles. The van der Waals surface area contributed by atoms with Gasteiger partial charge in [0.25, 0.3) is 0 Å². The molecule has 8 nitrogen and oxygen atoms in total. The molecule has 10 aliphatic rings. The molecule has 1 aromatic carbocycles. The van der Waals surface area contributed by atoms with E-state index < -0.39 is 0 Å². The highest BCUT2D eigenvalue weighted by Gasteiger charge is 2.46. The standard InChI is InChI=1S/C74H78N8/c1-13-39-35(9)55-27-67-71-47-21-22-48(72(71)68(81-67)28-56-36(10)40(14-2)60(76-56)32-64-44(18-6)43(17-5)63(79-64)31-59(39)75-55)52-26-54-50-24-23-49(53(54)25-51(47)52)73-69-29-57-37(11)41(15-3)61(77-57)33-65-45(19-7)46(20-8)66(80-65)34-62-42(16-4)38(12)58(78-62)30-70(82-69)74(50)73/h25-34,47-50,79-82H,13-24H2,1-12H3/t47-,48+,49+,50-. The van der Waals surface area contributed by atoms with Crippen molar-refractivity contribution in [2.45, 2.75) is 184 Å². The molecule has 17 rings (SSSR count). The topological polar surface area (TPSA) is 115 Å². The monoisotopic (exact) mass is 1080 g/mol. The lowest BCUT2D eigenvalue weighted by Gasteiger charge is -2.44. The number of aromatic amines is 4. The molecule has 4 aliphatic heterocycles. The number of hydrogen-bond donors (Lipinski definition) is 4. The van der Waals surface area contributed by atoms with Gasteiger partial charge in [0.05, 0.1) is 45.6 Å². The van der Waals surface area contributed by atoms with Crippen LogP contribution in [0, 0.1) is 0 Å². The molecular formula is C74H78N8. The zero-order valence-corrected chi connectivity index (χ0v) is 50.4. The first-order valence-corrected chi connectivity index (χ1v) is 31.5. The molecule has 0 amide bonds. The van der Waals surface area contributed by atoms with Crippen LogP contribution in [0.2, 0.25) is 0 Å². The molecule has 0 saturated carbocycles. The van der Waals surface area contributed by atoms with Crippen molar-refractivity contribution >= 4 is 88.7 Å². The summed E-state index contributed by atoms with van der Waals surface area (Å²) in [6.07, 6.45) is 12.0. The van der Waals surface area contributed by atoms with Crippen molar-refractivity contribution in [1.29, 1.82) is 0 Å². The highest BCUT2D eigenvalue weighted by atomic mass is 14.8. The predicted octanol–water partition coefficient (Wildman–Crippen LogP) is 19.3. The van der Waals surface area contributed by atoms with Gasteiger partial charge in [0.15, 0.2) is 0 Å². The van der Waals surface area contributed by atoms with Crippen molar-refractivity contribution < 1.29 is 0 Å². The Bertz CT molecular complexity index is 3950. The molecule has 4 atom stereocenters. The van der Waals surface area contributed by atoms with E-state index in [0.717, 1.165) is 123 Å². The maximum atomic E-state index is 5.55. The summed E-state index contributed by atoms with van der Waals surface area (Å²) in [5.41, 5.74) is 46.0. The van der Waals surface area contributed by atoms with Gasteiger partial charge in [-0.05, 0) is 265 Å². The van der Waals surface area contributed by atoms with Crippen LogP contribution in [0.5, 0.6) is 0 Å². The Hall–Kier alpha value is -7.58. The molecule has 7 aromatic rings. The molecule has 8 heteroatoms. The number of aryl methyl sites for hydroxylation is 4. The Labute approximate surface area is 482 Å². The number of aromatic nitrogens is 8. The lowest BCUT2D eigenvalue weighted by molar-refractivity contribution is 0.504. The minimum absolute atomic E-state index is 0.267. The van der Waals surface area contributed by atoms with Crippen LogP contribution in [0.3, 0.4) is 0 Å². The van der Waals surface area contributed by atoms with E-state index in [0.29, 0.717) is 0 Å². The Morgan fingerprint density at radius 3 is 0.695 bits per heavy atom. The van der Waals surface area contributed by atoms with Crippen LogP contribution >= 0.6 is 0 Å². The van der Waals surface area contributed by atoms with Crippen LogP contribution in [0.25, 0.3) is 88.7 Å². The van der Waals surface area contributed by atoms with Gasteiger partial charge < -0.3 is 19.9 Å². The van der Waals surface area contributed by atoms with Crippen molar-refractivity contribution in [2.75, 3.05) is 0 Å². The van der Waals surface area contributed by atoms with E-state index in [1.54, 1.807) is 0 Å². The summed E-state index contributed by atoms with van der Waals surface area (Å²) in [6.45, 7) is 27.4. The first-order valence-electron chi connectivity index (χ1n) is 31.5. The number of fused-ring (bicyclic) bond motifs is 18. The van der Waals surface area contributed by atoms with Gasteiger partial charge in [-0.2, -0.15) is 0 Å². The summed E-state index contributed by atoms with van der Waals surface area (Å²) in [6, 6.07) is 24.4. The summed E-state index contributed by atoms with van der Waals surface area (Å²) in [5, 5.41) is 0. The molecule has 0 unspecified atom stereocenters. The zero-order valence-electron chi connectivity index (χ0n) is 50.4. The lowest BCUT2D eigenvalue weighted by Crippen LogP contribution is -2.28. The second-order valence-corrected chi connectivity index (χ2v) is 24.8. The van der Waals surface area contributed by atoms with Crippen molar-refractivity contribution in [3.05, 3.63) is 173 Å². The van der Waals surface area contributed by atoms with E-state index >= 15 is 0 Å². The predicted molar refractivity (Wildman–Crippen MR) is 343 cm³/mol. The van der Waals surface area contributed by atoms with Crippen molar-refractivity contribution in [2.24, 2.45) is 0 Å². The van der Waals surface area contributed by atoms with E-state index in [9.17, 15) is 0 Å². The number of H-pyrrole nitrogens is 4. The minimum atomic E-state index is 0.267. The molecule has 6 aromatic heterocycles. The van der Waals surface area contributed by atoms with Crippen LogP contribution in [0.4, 0.5) is 0 Å². The molecule has 82 heavy (non-hydrogen) atoms. The van der Waals surface area contributed by atoms with E-state index in [-0.39, 0.29) is 23.7 Å². The van der Waals surface area contributed by atoms with E-state index in [1.165, 1.54) is 155 Å². The fourth-order valence-electron chi connectivity index (χ4n) is 17.2. The van der Waals surface area contributed by atoms with Crippen LogP contribution in [-0.4, -0.2) is 39.9 Å².